The van der Waals surface area contributed by atoms with Crippen LogP contribution in [-0.4, -0.2) is 4.98 Å². The lowest BCUT2D eigenvalue weighted by Gasteiger charge is -2.25. The Morgan fingerprint density at radius 2 is 1.04 bits per heavy atom. The van der Waals surface area contributed by atoms with Crippen LogP contribution in [0.15, 0.2) is 171 Å². The fourth-order valence-electron chi connectivity index (χ4n) is 7.62. The summed E-state index contributed by atoms with van der Waals surface area (Å²) in [5, 5.41) is 7.65. The minimum atomic E-state index is 0.847. The summed E-state index contributed by atoms with van der Waals surface area (Å²) in [7, 11) is 0. The molecule has 0 aliphatic rings. The van der Waals surface area contributed by atoms with Crippen LogP contribution in [0.4, 0.5) is 17.1 Å². The van der Waals surface area contributed by atoms with Crippen LogP contribution >= 0.6 is 0 Å². The predicted molar refractivity (Wildman–Crippen MR) is 204 cm³/mol. The van der Waals surface area contributed by atoms with Crippen molar-refractivity contribution in [1.82, 2.24) is 4.98 Å². The van der Waals surface area contributed by atoms with Crippen LogP contribution < -0.4 is 4.90 Å². The molecular formula is C45H26N2O3. The number of aromatic nitrogens is 1. The van der Waals surface area contributed by atoms with E-state index in [1.54, 1.807) is 0 Å². The summed E-state index contributed by atoms with van der Waals surface area (Å²) in [4.78, 5) is 6.85. The van der Waals surface area contributed by atoms with Gasteiger partial charge in [-0.2, -0.15) is 0 Å². The molecule has 234 valence electrons. The van der Waals surface area contributed by atoms with E-state index in [-0.39, 0.29) is 0 Å². The van der Waals surface area contributed by atoms with E-state index in [4.69, 9.17) is 13.3 Å². The monoisotopic (exact) mass is 642 g/mol. The summed E-state index contributed by atoms with van der Waals surface area (Å²) >= 11 is 0. The summed E-state index contributed by atoms with van der Waals surface area (Å²) < 4.78 is 19.1. The average Bonchev–Trinajstić information content (AvgIpc) is 3.86. The first-order valence-electron chi connectivity index (χ1n) is 16.7. The van der Waals surface area contributed by atoms with E-state index >= 15 is 0 Å². The van der Waals surface area contributed by atoms with Gasteiger partial charge < -0.3 is 18.2 Å². The predicted octanol–water partition coefficient (Wildman–Crippen LogP) is 13.1. The van der Waals surface area contributed by atoms with Crippen molar-refractivity contribution < 1.29 is 13.3 Å². The first-order chi connectivity index (χ1) is 24.8. The van der Waals surface area contributed by atoms with E-state index in [9.17, 15) is 0 Å². The van der Waals surface area contributed by atoms with E-state index in [0.717, 1.165) is 105 Å². The van der Waals surface area contributed by atoms with E-state index in [2.05, 4.69) is 119 Å². The Hall–Kier alpha value is -6.85. The number of para-hydroxylation sites is 3. The zero-order valence-electron chi connectivity index (χ0n) is 26.6. The Balaban J connectivity index is 1.08. The molecule has 0 radical (unpaired) electrons. The van der Waals surface area contributed by atoms with Crippen molar-refractivity contribution in [2.75, 3.05) is 4.90 Å². The fraction of sp³-hybridized carbons (Fsp3) is 0. The third-order valence-corrected chi connectivity index (χ3v) is 9.92. The molecule has 0 fully saturated rings. The number of furan rings is 3. The molecule has 0 N–H and O–H groups in total. The molecule has 7 aromatic carbocycles. The molecule has 0 amide bonds. The quantitative estimate of drug-likeness (QED) is 0.191. The molecule has 0 aliphatic carbocycles. The molecule has 0 unspecified atom stereocenters. The first kappa shape index (κ1) is 27.1. The van der Waals surface area contributed by atoms with Crippen molar-refractivity contribution in [3.05, 3.63) is 158 Å². The minimum Gasteiger partial charge on any atom is -0.456 e. The Morgan fingerprint density at radius 1 is 0.400 bits per heavy atom. The molecule has 4 aromatic heterocycles. The molecule has 5 nitrogen and oxygen atoms in total. The number of fused-ring (bicyclic) bond motifs is 11. The third-order valence-electron chi connectivity index (χ3n) is 9.92. The SMILES string of the molecule is c1ccc2c(c1)oc1cc(N(c3ccc(-c4cccc5c4oc4ccc6ncccc6c45)cc3)c3ccc4oc5ccccc5c4c3)ccc12. The molecule has 5 heteroatoms. The Bertz CT molecular complexity index is 3110. The zero-order valence-corrected chi connectivity index (χ0v) is 26.6. The largest absolute Gasteiger partial charge is 0.456 e. The van der Waals surface area contributed by atoms with Gasteiger partial charge in [0.2, 0.25) is 0 Å². The van der Waals surface area contributed by atoms with Crippen molar-refractivity contribution in [2.45, 2.75) is 0 Å². The summed E-state index contributed by atoms with van der Waals surface area (Å²) in [5.74, 6) is 0. The molecule has 11 rings (SSSR count). The molecule has 4 heterocycles. The second kappa shape index (κ2) is 10.3. The minimum absolute atomic E-state index is 0.847. The molecule has 0 atom stereocenters. The van der Waals surface area contributed by atoms with Crippen molar-refractivity contribution in [2.24, 2.45) is 0 Å². The summed E-state index contributed by atoms with van der Waals surface area (Å²) in [6.07, 6.45) is 1.83. The maximum Gasteiger partial charge on any atom is 0.143 e. The normalized spacial score (nSPS) is 12.0. The highest BCUT2D eigenvalue weighted by Crippen LogP contribution is 2.43. The third kappa shape index (κ3) is 3.98. The van der Waals surface area contributed by atoms with Crippen LogP contribution in [0.1, 0.15) is 0 Å². The average molecular weight is 643 g/mol. The number of benzene rings is 7. The van der Waals surface area contributed by atoms with Gasteiger partial charge in [-0.25, -0.2) is 0 Å². The second-order valence-electron chi connectivity index (χ2n) is 12.7. The second-order valence-corrected chi connectivity index (χ2v) is 12.7. The van der Waals surface area contributed by atoms with Crippen LogP contribution in [0, 0.1) is 0 Å². The van der Waals surface area contributed by atoms with Crippen LogP contribution in [0.5, 0.6) is 0 Å². The van der Waals surface area contributed by atoms with Crippen LogP contribution in [0.2, 0.25) is 0 Å². The maximum atomic E-state index is 6.54. The summed E-state index contributed by atoms with van der Waals surface area (Å²) in [6, 6.07) is 52.5. The highest BCUT2D eigenvalue weighted by molar-refractivity contribution is 6.20. The highest BCUT2D eigenvalue weighted by atomic mass is 16.3. The summed E-state index contributed by atoms with van der Waals surface area (Å²) in [5.41, 5.74) is 11.3. The van der Waals surface area contributed by atoms with Gasteiger partial charge in [-0.15, -0.1) is 0 Å². The van der Waals surface area contributed by atoms with Gasteiger partial charge in [0, 0.05) is 72.6 Å². The van der Waals surface area contributed by atoms with E-state index in [1.807, 2.05) is 48.7 Å². The van der Waals surface area contributed by atoms with Gasteiger partial charge in [0.25, 0.3) is 0 Å². The molecular weight excluding hydrogens is 617 g/mol. The number of rotatable bonds is 4. The van der Waals surface area contributed by atoms with Gasteiger partial charge in [0.15, 0.2) is 0 Å². The fourth-order valence-corrected chi connectivity index (χ4v) is 7.62. The number of nitrogens with zero attached hydrogens (tertiary/aromatic N) is 2. The van der Waals surface area contributed by atoms with Crippen molar-refractivity contribution in [1.29, 1.82) is 0 Å². The molecule has 0 saturated carbocycles. The molecule has 0 saturated heterocycles. The van der Waals surface area contributed by atoms with Gasteiger partial charge in [0.05, 0.1) is 5.52 Å². The Labute approximate surface area is 285 Å². The zero-order chi connectivity index (χ0) is 32.8. The molecule has 50 heavy (non-hydrogen) atoms. The van der Waals surface area contributed by atoms with E-state index in [1.165, 1.54) is 0 Å². The van der Waals surface area contributed by atoms with Crippen molar-refractivity contribution in [3.8, 4) is 11.1 Å². The van der Waals surface area contributed by atoms with Crippen molar-refractivity contribution in [3.63, 3.8) is 0 Å². The molecule has 0 bridgehead atoms. The standard InChI is InChI=1S/C45H26N2O3/c1-3-12-39-32(7-1)34-20-18-30(26-43(34)49-39)47(29-19-22-41-37(25-29)33-8-2-4-13-40(33)48-41)28-16-14-27(15-17-28)31-9-5-10-36-44-35-11-6-24-46-38(35)21-23-42(44)50-45(31)36/h1-26H. The van der Waals surface area contributed by atoms with Crippen LogP contribution in [0.25, 0.3) is 87.8 Å². The van der Waals surface area contributed by atoms with Crippen LogP contribution in [-0.2, 0) is 0 Å². The highest BCUT2D eigenvalue weighted by Gasteiger charge is 2.19. The van der Waals surface area contributed by atoms with Gasteiger partial charge >= 0.3 is 0 Å². The van der Waals surface area contributed by atoms with Crippen molar-refractivity contribution >= 4 is 93.8 Å². The molecule has 0 aliphatic heterocycles. The number of hydrogen-bond acceptors (Lipinski definition) is 5. The molecule has 11 aromatic rings. The number of hydrogen-bond donors (Lipinski definition) is 0. The molecule has 0 spiro atoms. The van der Waals surface area contributed by atoms with Gasteiger partial charge in [-0.1, -0.05) is 72.8 Å². The first-order valence-corrected chi connectivity index (χ1v) is 16.7. The van der Waals surface area contributed by atoms with E-state index < -0.39 is 0 Å². The van der Waals surface area contributed by atoms with Gasteiger partial charge in [-0.05, 0) is 78.4 Å². The van der Waals surface area contributed by atoms with E-state index in [0.29, 0.717) is 0 Å². The smallest absolute Gasteiger partial charge is 0.143 e. The number of pyridine rings is 1. The lowest BCUT2D eigenvalue weighted by atomic mass is 10.0. The lowest BCUT2D eigenvalue weighted by molar-refractivity contribution is 0.668. The van der Waals surface area contributed by atoms with Gasteiger partial charge in [0.1, 0.15) is 33.5 Å². The van der Waals surface area contributed by atoms with Gasteiger partial charge in [-0.3, -0.25) is 4.98 Å². The summed E-state index contributed by atoms with van der Waals surface area (Å²) in [6.45, 7) is 0. The topological polar surface area (TPSA) is 55.6 Å². The number of anilines is 3. The maximum absolute atomic E-state index is 6.54. The lowest BCUT2D eigenvalue weighted by Crippen LogP contribution is -2.09. The Morgan fingerprint density at radius 3 is 1.90 bits per heavy atom. The van der Waals surface area contributed by atoms with Crippen LogP contribution in [0.3, 0.4) is 0 Å². The Kier molecular flexibility index (Phi) is 5.60.